The molecule has 0 amide bonds. The number of hydrogen-bond acceptors (Lipinski definition) is 2. The third-order valence-corrected chi connectivity index (χ3v) is 2.80. The summed E-state index contributed by atoms with van der Waals surface area (Å²) in [5.41, 5.74) is 6.93. The van der Waals surface area contributed by atoms with Crippen molar-refractivity contribution in [3.8, 4) is 0 Å². The van der Waals surface area contributed by atoms with Gasteiger partial charge in [0, 0.05) is 6.04 Å². The fourth-order valence-corrected chi connectivity index (χ4v) is 2.05. The average molecular weight is 229 g/mol. The molecule has 0 radical (unpaired) electrons. The molecule has 0 saturated heterocycles. The van der Waals surface area contributed by atoms with Gasteiger partial charge in [0.1, 0.15) is 0 Å². The molecule has 17 heavy (non-hydrogen) atoms. The van der Waals surface area contributed by atoms with Crippen molar-refractivity contribution in [1.29, 1.82) is 0 Å². The van der Waals surface area contributed by atoms with Crippen LogP contribution in [0.4, 0.5) is 0 Å². The summed E-state index contributed by atoms with van der Waals surface area (Å²) in [5, 5.41) is 11.0. The van der Waals surface area contributed by atoms with Crippen LogP contribution in [0.5, 0.6) is 0 Å². The molecule has 0 spiro atoms. The number of fused-ring (bicyclic) bond motifs is 1. The lowest BCUT2D eigenvalue weighted by atomic mass is 9.98. The molecule has 3 nitrogen and oxygen atoms in total. The maximum atomic E-state index is 10.6. The van der Waals surface area contributed by atoms with Gasteiger partial charge in [-0.15, -0.1) is 0 Å². The van der Waals surface area contributed by atoms with Gasteiger partial charge in [0.15, 0.2) is 0 Å². The van der Waals surface area contributed by atoms with Crippen LogP contribution in [0.1, 0.15) is 12.0 Å². The molecule has 0 fully saturated rings. The van der Waals surface area contributed by atoms with Gasteiger partial charge >= 0.3 is 5.97 Å². The zero-order valence-corrected chi connectivity index (χ0v) is 9.47. The normalized spacial score (nSPS) is 12.5. The highest BCUT2D eigenvalue weighted by Crippen LogP contribution is 2.19. The molecule has 0 heterocycles. The fourth-order valence-electron chi connectivity index (χ4n) is 2.05. The van der Waals surface area contributed by atoms with Crippen LogP contribution in [0.25, 0.3) is 10.8 Å². The van der Waals surface area contributed by atoms with Crippen molar-refractivity contribution in [2.75, 3.05) is 0 Å². The molecule has 2 rings (SSSR count). The molecule has 3 heteroatoms. The Labute approximate surface area is 99.9 Å². The van der Waals surface area contributed by atoms with E-state index in [1.165, 1.54) is 0 Å². The van der Waals surface area contributed by atoms with E-state index in [-0.39, 0.29) is 12.5 Å². The van der Waals surface area contributed by atoms with E-state index in [1.807, 2.05) is 42.5 Å². The second kappa shape index (κ2) is 4.97. The molecule has 0 saturated carbocycles. The minimum absolute atomic E-state index is 0.00320. The molecular formula is C14H15NO2. The van der Waals surface area contributed by atoms with E-state index in [1.54, 1.807) is 0 Å². The molecule has 1 atom stereocenters. The molecule has 2 aromatic carbocycles. The van der Waals surface area contributed by atoms with Gasteiger partial charge in [0.05, 0.1) is 6.42 Å². The first-order chi connectivity index (χ1) is 8.16. The van der Waals surface area contributed by atoms with Crippen molar-refractivity contribution in [1.82, 2.24) is 0 Å². The van der Waals surface area contributed by atoms with Gasteiger partial charge in [0.2, 0.25) is 0 Å². The first kappa shape index (κ1) is 11.6. The summed E-state index contributed by atoms with van der Waals surface area (Å²) in [7, 11) is 0. The van der Waals surface area contributed by atoms with Crippen LogP contribution >= 0.6 is 0 Å². The quantitative estimate of drug-likeness (QED) is 0.844. The summed E-state index contributed by atoms with van der Waals surface area (Å²) in [5.74, 6) is -0.849. The first-order valence-corrected chi connectivity index (χ1v) is 5.61. The van der Waals surface area contributed by atoms with Crippen molar-refractivity contribution >= 4 is 16.7 Å². The molecule has 88 valence electrons. The molecular weight excluding hydrogens is 214 g/mol. The van der Waals surface area contributed by atoms with E-state index in [0.717, 1.165) is 16.3 Å². The minimum Gasteiger partial charge on any atom is -0.481 e. The lowest BCUT2D eigenvalue weighted by Crippen LogP contribution is -2.26. The van der Waals surface area contributed by atoms with Gasteiger partial charge in [0.25, 0.3) is 0 Å². The number of nitrogens with two attached hydrogens (primary N) is 1. The van der Waals surface area contributed by atoms with Crippen molar-refractivity contribution in [2.45, 2.75) is 18.9 Å². The Morgan fingerprint density at radius 1 is 1.18 bits per heavy atom. The topological polar surface area (TPSA) is 63.3 Å². The second-order valence-corrected chi connectivity index (χ2v) is 4.20. The fraction of sp³-hybridized carbons (Fsp3) is 0.214. The monoisotopic (exact) mass is 229 g/mol. The zero-order chi connectivity index (χ0) is 12.3. The standard InChI is InChI=1S/C14H15NO2/c15-12(9-14(16)17)8-11-6-3-5-10-4-1-2-7-13(10)11/h1-7,12H,8-9,15H2,(H,16,17)/t12-/m0/s1. The van der Waals surface area contributed by atoms with E-state index < -0.39 is 5.97 Å². The maximum absolute atomic E-state index is 10.6. The summed E-state index contributed by atoms with van der Waals surface area (Å²) >= 11 is 0. The highest BCUT2D eigenvalue weighted by molar-refractivity contribution is 5.85. The summed E-state index contributed by atoms with van der Waals surface area (Å²) < 4.78 is 0. The van der Waals surface area contributed by atoms with Crippen molar-refractivity contribution in [3.05, 3.63) is 48.0 Å². The average Bonchev–Trinajstić information content (AvgIpc) is 2.28. The molecule has 0 aliphatic carbocycles. The van der Waals surface area contributed by atoms with Crippen LogP contribution in [-0.2, 0) is 11.2 Å². The Morgan fingerprint density at radius 2 is 1.88 bits per heavy atom. The minimum atomic E-state index is -0.849. The number of carboxylic acids is 1. The molecule has 2 aromatic rings. The number of carbonyl (C=O) groups is 1. The van der Waals surface area contributed by atoms with Gasteiger partial charge in [-0.25, -0.2) is 0 Å². The Balaban J connectivity index is 2.26. The molecule has 0 aliphatic rings. The highest BCUT2D eigenvalue weighted by atomic mass is 16.4. The van der Waals surface area contributed by atoms with Crippen molar-refractivity contribution < 1.29 is 9.90 Å². The SMILES string of the molecule is N[C@H](CC(=O)O)Cc1cccc2ccccc12. The lowest BCUT2D eigenvalue weighted by Gasteiger charge is -2.11. The largest absolute Gasteiger partial charge is 0.481 e. The Morgan fingerprint density at radius 3 is 2.65 bits per heavy atom. The molecule has 0 bridgehead atoms. The van der Waals surface area contributed by atoms with E-state index in [4.69, 9.17) is 10.8 Å². The summed E-state index contributed by atoms with van der Waals surface area (Å²) in [6, 6.07) is 13.7. The van der Waals surface area contributed by atoms with Crippen LogP contribution in [0.15, 0.2) is 42.5 Å². The smallest absolute Gasteiger partial charge is 0.304 e. The van der Waals surface area contributed by atoms with E-state index >= 15 is 0 Å². The van der Waals surface area contributed by atoms with Gasteiger partial charge in [-0.05, 0) is 22.8 Å². The van der Waals surface area contributed by atoms with Crippen LogP contribution < -0.4 is 5.73 Å². The van der Waals surface area contributed by atoms with Crippen LogP contribution in [-0.4, -0.2) is 17.1 Å². The van der Waals surface area contributed by atoms with Crippen molar-refractivity contribution in [3.63, 3.8) is 0 Å². The number of hydrogen-bond donors (Lipinski definition) is 2. The third-order valence-electron chi connectivity index (χ3n) is 2.80. The number of rotatable bonds is 4. The van der Waals surface area contributed by atoms with Crippen LogP contribution in [0.2, 0.25) is 0 Å². The van der Waals surface area contributed by atoms with Crippen LogP contribution in [0, 0.1) is 0 Å². The van der Waals surface area contributed by atoms with Gasteiger partial charge < -0.3 is 10.8 Å². The predicted octanol–water partition coefficient (Wildman–Crippen LogP) is 2.18. The molecule has 0 aliphatic heterocycles. The number of carboxylic acid groups (broad SMARTS) is 1. The Hall–Kier alpha value is -1.87. The first-order valence-electron chi connectivity index (χ1n) is 5.61. The highest BCUT2D eigenvalue weighted by Gasteiger charge is 2.10. The summed E-state index contributed by atoms with van der Waals surface area (Å²) in [6.45, 7) is 0. The molecule has 0 aromatic heterocycles. The van der Waals surface area contributed by atoms with Gasteiger partial charge in [-0.1, -0.05) is 42.5 Å². The predicted molar refractivity (Wildman–Crippen MR) is 67.9 cm³/mol. The molecule has 0 unspecified atom stereocenters. The second-order valence-electron chi connectivity index (χ2n) is 4.20. The van der Waals surface area contributed by atoms with Gasteiger partial charge in [-0.2, -0.15) is 0 Å². The molecule has 3 N–H and O–H groups in total. The van der Waals surface area contributed by atoms with Gasteiger partial charge in [-0.3, -0.25) is 4.79 Å². The number of benzene rings is 2. The maximum Gasteiger partial charge on any atom is 0.304 e. The summed E-state index contributed by atoms with van der Waals surface area (Å²) in [4.78, 5) is 10.6. The summed E-state index contributed by atoms with van der Waals surface area (Å²) in [6.07, 6.45) is 0.594. The Bertz CT molecular complexity index is 531. The lowest BCUT2D eigenvalue weighted by molar-refractivity contribution is -0.137. The Kier molecular flexibility index (Phi) is 3.40. The van der Waals surface area contributed by atoms with E-state index in [2.05, 4.69) is 0 Å². The third kappa shape index (κ3) is 2.82. The van der Waals surface area contributed by atoms with E-state index in [0.29, 0.717) is 6.42 Å². The van der Waals surface area contributed by atoms with Crippen LogP contribution in [0.3, 0.4) is 0 Å². The number of aliphatic carboxylic acids is 1. The van der Waals surface area contributed by atoms with E-state index in [9.17, 15) is 4.79 Å². The zero-order valence-electron chi connectivity index (χ0n) is 9.47. The van der Waals surface area contributed by atoms with Crippen molar-refractivity contribution in [2.24, 2.45) is 5.73 Å².